The van der Waals surface area contributed by atoms with Gasteiger partial charge in [-0.3, -0.25) is 5.32 Å². The van der Waals surface area contributed by atoms with Gasteiger partial charge in [0.15, 0.2) is 17.4 Å². The molecule has 0 atom stereocenters. The zero-order chi connectivity index (χ0) is 25.2. The topological polar surface area (TPSA) is 103 Å². The van der Waals surface area contributed by atoms with Gasteiger partial charge < -0.3 is 25.3 Å². The van der Waals surface area contributed by atoms with Crippen molar-refractivity contribution in [2.75, 3.05) is 48.8 Å². The molecule has 11 heteroatoms. The summed E-state index contributed by atoms with van der Waals surface area (Å²) in [6, 6.07) is 8.87. The number of nitrogens with zero attached hydrogens (tertiary/aromatic N) is 4. The molecule has 0 bridgehead atoms. The lowest BCUT2D eigenvalue weighted by atomic mass is 10.1. The molecular weight excluding hydrogens is 466 g/mol. The number of aromatic amines is 1. The van der Waals surface area contributed by atoms with Crippen LogP contribution in [-0.2, 0) is 0 Å². The number of hydrogen-bond acceptors (Lipinski definition) is 8. The number of hydrogen-bond donors (Lipinski definition) is 4. The van der Waals surface area contributed by atoms with Crippen molar-refractivity contribution in [3.8, 4) is 17.0 Å². The van der Waals surface area contributed by atoms with E-state index in [2.05, 4.69) is 35.9 Å². The smallest absolute Gasteiger partial charge is 0.230 e. The second-order valence-corrected chi connectivity index (χ2v) is 8.80. The molecule has 1 aliphatic rings. The van der Waals surface area contributed by atoms with Gasteiger partial charge in [-0.05, 0) is 51.2 Å². The van der Waals surface area contributed by atoms with Crippen LogP contribution in [0.5, 0.6) is 5.75 Å². The molecule has 0 saturated heterocycles. The van der Waals surface area contributed by atoms with Crippen molar-refractivity contribution in [2.24, 2.45) is 0 Å². The Kier molecular flexibility index (Phi) is 6.55. The lowest BCUT2D eigenvalue weighted by Crippen LogP contribution is -2.38. The first-order chi connectivity index (χ1) is 17.4. The molecule has 4 N–H and O–H groups in total. The highest BCUT2D eigenvalue weighted by Gasteiger charge is 2.25. The van der Waals surface area contributed by atoms with Crippen molar-refractivity contribution in [1.82, 2.24) is 25.3 Å². The summed E-state index contributed by atoms with van der Waals surface area (Å²) in [5.41, 5.74) is 3.39. The molecular formula is C25H28F2N8O. The highest BCUT2D eigenvalue weighted by atomic mass is 19.1. The fourth-order valence-electron chi connectivity index (χ4n) is 4.22. The Morgan fingerprint density at radius 1 is 1.11 bits per heavy atom. The number of ether oxygens (including phenoxy) is 1. The lowest BCUT2D eigenvalue weighted by molar-refractivity contribution is 0.287. The van der Waals surface area contributed by atoms with Gasteiger partial charge in [-0.15, -0.1) is 0 Å². The van der Waals surface area contributed by atoms with E-state index in [9.17, 15) is 8.78 Å². The molecule has 0 aliphatic carbocycles. The quantitative estimate of drug-likeness (QED) is 0.269. The highest BCUT2D eigenvalue weighted by molar-refractivity contribution is 5.82. The van der Waals surface area contributed by atoms with Crippen LogP contribution in [0.4, 0.5) is 32.1 Å². The van der Waals surface area contributed by atoms with Gasteiger partial charge in [0.1, 0.15) is 12.3 Å². The van der Waals surface area contributed by atoms with E-state index in [1.54, 1.807) is 6.07 Å². The van der Waals surface area contributed by atoms with Crippen molar-refractivity contribution in [3.63, 3.8) is 0 Å². The first-order valence-corrected chi connectivity index (χ1v) is 11.8. The van der Waals surface area contributed by atoms with Gasteiger partial charge in [-0.25, -0.2) is 23.7 Å². The molecule has 3 heterocycles. The number of imidazole rings is 1. The van der Waals surface area contributed by atoms with Gasteiger partial charge >= 0.3 is 0 Å². The molecule has 5 rings (SSSR count). The number of fused-ring (bicyclic) bond motifs is 2. The van der Waals surface area contributed by atoms with Crippen molar-refractivity contribution in [1.29, 1.82) is 0 Å². The SMILES string of the molecule is CNCCNc1ccc2nc(Nc3ncc(F)c(-c4cc(F)c5c(c4)N(C(C)C)CCO5)n3)[nH]c2c1. The summed E-state index contributed by atoms with van der Waals surface area (Å²) in [6.45, 7) is 6.67. The molecule has 0 fully saturated rings. The second-order valence-electron chi connectivity index (χ2n) is 8.80. The summed E-state index contributed by atoms with van der Waals surface area (Å²) in [5.74, 6) is -0.501. The zero-order valence-corrected chi connectivity index (χ0v) is 20.3. The van der Waals surface area contributed by atoms with Crippen molar-refractivity contribution >= 4 is 34.3 Å². The van der Waals surface area contributed by atoms with E-state index in [1.807, 2.05) is 44.0 Å². The number of halogens is 2. The molecule has 0 spiro atoms. The van der Waals surface area contributed by atoms with E-state index in [1.165, 1.54) is 6.07 Å². The third-order valence-electron chi connectivity index (χ3n) is 5.97. The third kappa shape index (κ3) is 4.74. The van der Waals surface area contributed by atoms with Gasteiger partial charge in [0.05, 0.1) is 29.5 Å². The fraction of sp³-hybridized carbons (Fsp3) is 0.320. The minimum Gasteiger partial charge on any atom is -0.486 e. The van der Waals surface area contributed by atoms with Gasteiger partial charge in [-0.2, -0.15) is 0 Å². The van der Waals surface area contributed by atoms with Crippen LogP contribution in [0.3, 0.4) is 0 Å². The molecule has 0 saturated carbocycles. The van der Waals surface area contributed by atoms with E-state index in [-0.39, 0.29) is 23.4 Å². The Hall–Kier alpha value is -3.99. The van der Waals surface area contributed by atoms with E-state index in [0.29, 0.717) is 30.4 Å². The molecule has 36 heavy (non-hydrogen) atoms. The number of likely N-dealkylation sites (N-methyl/N-ethyl adjacent to an activating group) is 1. The van der Waals surface area contributed by atoms with E-state index < -0.39 is 11.6 Å². The molecule has 2 aromatic carbocycles. The van der Waals surface area contributed by atoms with Crippen LogP contribution in [0.1, 0.15) is 13.8 Å². The fourth-order valence-corrected chi connectivity index (χ4v) is 4.22. The van der Waals surface area contributed by atoms with Crippen molar-refractivity contribution in [3.05, 3.63) is 48.2 Å². The van der Waals surface area contributed by atoms with Crippen LogP contribution < -0.4 is 25.6 Å². The summed E-state index contributed by atoms with van der Waals surface area (Å²) < 4.78 is 35.3. The number of anilines is 4. The maximum atomic E-state index is 14.9. The van der Waals surface area contributed by atoms with E-state index in [4.69, 9.17) is 4.74 Å². The average molecular weight is 495 g/mol. The molecule has 0 radical (unpaired) electrons. The summed E-state index contributed by atoms with van der Waals surface area (Å²) in [5, 5.41) is 9.41. The van der Waals surface area contributed by atoms with Crippen LogP contribution in [0.15, 0.2) is 36.5 Å². The first kappa shape index (κ1) is 23.7. The Labute approximate surface area is 207 Å². The monoisotopic (exact) mass is 494 g/mol. The number of H-pyrrole nitrogens is 1. The summed E-state index contributed by atoms with van der Waals surface area (Å²) in [7, 11) is 1.90. The minimum absolute atomic E-state index is 0.0180. The average Bonchev–Trinajstić information content (AvgIpc) is 3.26. The van der Waals surface area contributed by atoms with Crippen molar-refractivity contribution in [2.45, 2.75) is 19.9 Å². The Morgan fingerprint density at radius 3 is 2.78 bits per heavy atom. The van der Waals surface area contributed by atoms with Gasteiger partial charge in [0.25, 0.3) is 0 Å². The number of nitrogens with one attached hydrogen (secondary N) is 4. The summed E-state index contributed by atoms with van der Waals surface area (Å²) in [4.78, 5) is 18.1. The molecule has 0 amide bonds. The summed E-state index contributed by atoms with van der Waals surface area (Å²) in [6.07, 6.45) is 1.06. The van der Waals surface area contributed by atoms with Crippen LogP contribution in [0.25, 0.3) is 22.3 Å². The summed E-state index contributed by atoms with van der Waals surface area (Å²) >= 11 is 0. The predicted molar refractivity (Wildman–Crippen MR) is 137 cm³/mol. The van der Waals surface area contributed by atoms with E-state index in [0.717, 1.165) is 36.0 Å². The van der Waals surface area contributed by atoms with Gasteiger partial charge in [-0.1, -0.05) is 0 Å². The molecule has 1 aliphatic heterocycles. The molecule has 9 nitrogen and oxygen atoms in total. The number of rotatable bonds is 8. The standard InChI is InChI=1S/C25H28F2N8O/c1-14(2)35-8-9-36-23-17(26)10-15(11-21(23)35)22-18(27)13-30-24(33-22)34-25-31-19-5-4-16(12-20(19)32-25)29-7-6-28-3/h4-5,10-14,28-29H,6-9H2,1-3H3,(H2,30,31,32,33,34). The number of benzene rings is 2. The number of aromatic nitrogens is 4. The van der Waals surface area contributed by atoms with Crippen LogP contribution in [-0.4, -0.2) is 59.3 Å². The normalized spacial score (nSPS) is 13.1. The second kappa shape index (κ2) is 9.94. The minimum atomic E-state index is -0.658. The molecule has 0 unspecified atom stereocenters. The van der Waals surface area contributed by atoms with Gasteiger partial charge in [0, 0.05) is 30.4 Å². The largest absolute Gasteiger partial charge is 0.486 e. The highest BCUT2D eigenvalue weighted by Crippen LogP contribution is 2.39. The van der Waals surface area contributed by atoms with Crippen LogP contribution in [0.2, 0.25) is 0 Å². The third-order valence-corrected chi connectivity index (χ3v) is 5.97. The first-order valence-electron chi connectivity index (χ1n) is 11.8. The van der Waals surface area contributed by atoms with Crippen LogP contribution >= 0.6 is 0 Å². The van der Waals surface area contributed by atoms with E-state index >= 15 is 0 Å². The molecule has 188 valence electrons. The Bertz CT molecular complexity index is 1390. The maximum absolute atomic E-state index is 14.9. The zero-order valence-electron chi connectivity index (χ0n) is 20.3. The molecule has 4 aromatic rings. The predicted octanol–water partition coefficient (Wildman–Crippen LogP) is 4.28. The van der Waals surface area contributed by atoms with Gasteiger partial charge in [0.2, 0.25) is 11.9 Å². The Morgan fingerprint density at radius 2 is 1.97 bits per heavy atom. The lowest BCUT2D eigenvalue weighted by Gasteiger charge is -2.34. The van der Waals surface area contributed by atoms with Crippen LogP contribution in [0, 0.1) is 11.6 Å². The molecule has 2 aromatic heterocycles. The maximum Gasteiger partial charge on any atom is 0.230 e. The Balaban J connectivity index is 1.43. The van der Waals surface area contributed by atoms with Crippen molar-refractivity contribution < 1.29 is 13.5 Å².